The van der Waals surface area contributed by atoms with Crippen molar-refractivity contribution in [3.05, 3.63) is 90.1 Å². The summed E-state index contributed by atoms with van der Waals surface area (Å²) in [5.41, 5.74) is 17.3. The molecule has 4 rings (SSSR count). The zero-order chi connectivity index (χ0) is 24.2. The highest BCUT2D eigenvalue weighted by Gasteiger charge is 2.20. The van der Waals surface area contributed by atoms with E-state index in [4.69, 9.17) is 11.5 Å². The number of carboxylic acid groups (broad SMARTS) is 2. The number of hydrogen-bond donors (Lipinski definition) is 4. The standard InChI is InChI=1S/C27H25N3O4/c28-23(26(31)32)13-18-11-10-17(16-6-2-1-3-7-16)12-21(18)22-14-19(15-24(29)27(33)34)30-25-9-5-4-8-20(22)25/h1-12,14,23-24H,13,15,28-29H2,(H,31,32)(H,33,34). The quantitative estimate of drug-likeness (QED) is 0.319. The highest BCUT2D eigenvalue weighted by molar-refractivity contribution is 5.96. The van der Waals surface area contributed by atoms with Crippen molar-refractivity contribution in [3.63, 3.8) is 0 Å². The first-order valence-electron chi connectivity index (χ1n) is 10.9. The third kappa shape index (κ3) is 4.96. The molecule has 1 heterocycles. The number of carboxylic acids is 2. The number of fused-ring (bicyclic) bond motifs is 1. The van der Waals surface area contributed by atoms with E-state index >= 15 is 0 Å². The summed E-state index contributed by atoms with van der Waals surface area (Å²) in [4.78, 5) is 27.4. The van der Waals surface area contributed by atoms with Crippen LogP contribution < -0.4 is 11.5 Å². The monoisotopic (exact) mass is 455 g/mol. The highest BCUT2D eigenvalue weighted by atomic mass is 16.4. The van der Waals surface area contributed by atoms with Crippen LogP contribution >= 0.6 is 0 Å². The van der Waals surface area contributed by atoms with Gasteiger partial charge in [-0.3, -0.25) is 14.6 Å². The lowest BCUT2D eigenvalue weighted by molar-refractivity contribution is -0.139. The van der Waals surface area contributed by atoms with Crippen molar-refractivity contribution in [2.45, 2.75) is 24.9 Å². The van der Waals surface area contributed by atoms with Crippen molar-refractivity contribution in [3.8, 4) is 22.3 Å². The van der Waals surface area contributed by atoms with Crippen LogP contribution in [0.15, 0.2) is 78.9 Å². The van der Waals surface area contributed by atoms with Crippen LogP contribution in [0.1, 0.15) is 11.3 Å². The molecule has 0 aliphatic carbocycles. The molecular weight excluding hydrogens is 430 g/mol. The summed E-state index contributed by atoms with van der Waals surface area (Å²) in [5, 5.41) is 19.5. The molecule has 0 saturated heterocycles. The van der Waals surface area contributed by atoms with E-state index in [1.165, 1.54) is 0 Å². The Bertz CT molecular complexity index is 1350. The van der Waals surface area contributed by atoms with Gasteiger partial charge in [-0.1, -0.05) is 60.7 Å². The number of pyridine rings is 1. The zero-order valence-corrected chi connectivity index (χ0v) is 18.4. The minimum absolute atomic E-state index is 0.0650. The van der Waals surface area contributed by atoms with Crippen LogP contribution in [0.5, 0.6) is 0 Å². The summed E-state index contributed by atoms with van der Waals surface area (Å²) >= 11 is 0. The van der Waals surface area contributed by atoms with Gasteiger partial charge in [-0.2, -0.15) is 0 Å². The first-order chi connectivity index (χ1) is 16.3. The molecule has 172 valence electrons. The molecule has 0 fully saturated rings. The number of aliphatic carboxylic acids is 2. The summed E-state index contributed by atoms with van der Waals surface area (Å²) in [7, 11) is 0. The average molecular weight is 456 g/mol. The molecule has 0 radical (unpaired) electrons. The molecule has 2 unspecified atom stereocenters. The summed E-state index contributed by atoms with van der Waals surface area (Å²) < 4.78 is 0. The molecule has 0 bridgehead atoms. The molecule has 4 aromatic rings. The average Bonchev–Trinajstić information content (AvgIpc) is 2.84. The fourth-order valence-electron chi connectivity index (χ4n) is 4.01. The number of aromatic nitrogens is 1. The van der Waals surface area contributed by atoms with E-state index in [0.717, 1.165) is 33.2 Å². The van der Waals surface area contributed by atoms with E-state index < -0.39 is 24.0 Å². The Morgan fingerprint density at radius 2 is 1.38 bits per heavy atom. The van der Waals surface area contributed by atoms with E-state index in [-0.39, 0.29) is 12.8 Å². The fraction of sp³-hybridized carbons (Fsp3) is 0.148. The predicted octanol–water partition coefficient (Wildman–Crippen LogP) is 3.48. The van der Waals surface area contributed by atoms with Crippen LogP contribution in [0, 0.1) is 0 Å². The molecule has 3 aromatic carbocycles. The summed E-state index contributed by atoms with van der Waals surface area (Å²) in [6.45, 7) is 0. The van der Waals surface area contributed by atoms with Crippen LogP contribution in [0.2, 0.25) is 0 Å². The van der Waals surface area contributed by atoms with Crippen molar-refractivity contribution in [2.75, 3.05) is 0 Å². The summed E-state index contributed by atoms with van der Waals surface area (Å²) in [6.07, 6.45) is 0.204. The van der Waals surface area contributed by atoms with Crippen LogP contribution in [-0.4, -0.2) is 39.2 Å². The topological polar surface area (TPSA) is 140 Å². The number of para-hydroxylation sites is 1. The van der Waals surface area contributed by atoms with Gasteiger partial charge in [0.25, 0.3) is 0 Å². The number of hydrogen-bond acceptors (Lipinski definition) is 5. The summed E-state index contributed by atoms with van der Waals surface area (Å²) in [6, 6.07) is 23.0. The first kappa shape index (κ1) is 23.1. The number of carbonyl (C=O) groups is 2. The van der Waals surface area contributed by atoms with E-state index in [1.807, 2.05) is 78.9 Å². The normalized spacial score (nSPS) is 12.9. The van der Waals surface area contributed by atoms with Gasteiger partial charge in [0, 0.05) is 17.5 Å². The van der Waals surface area contributed by atoms with Crippen LogP contribution in [0.4, 0.5) is 0 Å². The molecule has 0 aliphatic heterocycles. The zero-order valence-electron chi connectivity index (χ0n) is 18.4. The molecule has 7 heteroatoms. The molecule has 1 aromatic heterocycles. The van der Waals surface area contributed by atoms with Gasteiger partial charge in [0.2, 0.25) is 0 Å². The van der Waals surface area contributed by atoms with Crippen molar-refractivity contribution in [2.24, 2.45) is 11.5 Å². The van der Waals surface area contributed by atoms with Crippen molar-refractivity contribution >= 4 is 22.8 Å². The minimum atomic E-state index is -1.10. The Morgan fingerprint density at radius 3 is 2.09 bits per heavy atom. The fourth-order valence-corrected chi connectivity index (χ4v) is 4.01. The molecule has 6 N–H and O–H groups in total. The smallest absolute Gasteiger partial charge is 0.320 e. The van der Waals surface area contributed by atoms with Crippen molar-refractivity contribution in [1.29, 1.82) is 0 Å². The van der Waals surface area contributed by atoms with Crippen LogP contribution in [0.25, 0.3) is 33.2 Å². The summed E-state index contributed by atoms with van der Waals surface area (Å²) in [5.74, 6) is -2.18. The minimum Gasteiger partial charge on any atom is -0.480 e. The van der Waals surface area contributed by atoms with Crippen LogP contribution in [-0.2, 0) is 22.4 Å². The predicted molar refractivity (Wildman–Crippen MR) is 131 cm³/mol. The number of nitrogens with zero attached hydrogens (tertiary/aromatic N) is 1. The SMILES string of the molecule is NC(Cc1cc(-c2cc(-c3ccccc3)ccc2CC(N)C(=O)O)c2ccccc2n1)C(=O)O. The van der Waals surface area contributed by atoms with E-state index in [2.05, 4.69) is 4.98 Å². The second-order valence-corrected chi connectivity index (χ2v) is 8.21. The molecule has 34 heavy (non-hydrogen) atoms. The maximum absolute atomic E-state index is 11.5. The van der Waals surface area contributed by atoms with Gasteiger partial charge in [0.1, 0.15) is 12.1 Å². The van der Waals surface area contributed by atoms with Gasteiger partial charge in [-0.05, 0) is 52.4 Å². The van der Waals surface area contributed by atoms with Gasteiger partial charge in [-0.15, -0.1) is 0 Å². The Hall–Kier alpha value is -4.07. The highest BCUT2D eigenvalue weighted by Crippen LogP contribution is 2.35. The third-order valence-electron chi connectivity index (χ3n) is 5.78. The molecule has 0 spiro atoms. The third-order valence-corrected chi connectivity index (χ3v) is 5.78. The second kappa shape index (κ2) is 9.82. The Labute approximate surface area is 196 Å². The first-order valence-corrected chi connectivity index (χ1v) is 10.9. The molecule has 0 amide bonds. The van der Waals surface area contributed by atoms with E-state index in [0.29, 0.717) is 11.2 Å². The Balaban J connectivity index is 1.94. The largest absolute Gasteiger partial charge is 0.480 e. The molecule has 7 nitrogen and oxygen atoms in total. The van der Waals surface area contributed by atoms with Gasteiger partial charge < -0.3 is 21.7 Å². The molecule has 2 atom stereocenters. The van der Waals surface area contributed by atoms with Gasteiger partial charge in [0.15, 0.2) is 0 Å². The number of rotatable bonds is 8. The maximum Gasteiger partial charge on any atom is 0.320 e. The Morgan fingerprint density at radius 1 is 0.735 bits per heavy atom. The van der Waals surface area contributed by atoms with Gasteiger partial charge >= 0.3 is 11.9 Å². The van der Waals surface area contributed by atoms with Crippen molar-refractivity contribution in [1.82, 2.24) is 4.98 Å². The maximum atomic E-state index is 11.5. The van der Waals surface area contributed by atoms with Gasteiger partial charge in [-0.25, -0.2) is 0 Å². The molecule has 0 aliphatic rings. The lowest BCUT2D eigenvalue weighted by atomic mass is 9.89. The van der Waals surface area contributed by atoms with E-state index in [9.17, 15) is 19.8 Å². The van der Waals surface area contributed by atoms with Crippen LogP contribution in [0.3, 0.4) is 0 Å². The van der Waals surface area contributed by atoms with E-state index in [1.54, 1.807) is 0 Å². The molecule has 0 saturated carbocycles. The lowest BCUT2D eigenvalue weighted by Crippen LogP contribution is -2.32. The van der Waals surface area contributed by atoms with Gasteiger partial charge in [0.05, 0.1) is 5.52 Å². The number of benzene rings is 3. The Kier molecular flexibility index (Phi) is 6.67. The second-order valence-electron chi connectivity index (χ2n) is 8.21. The lowest BCUT2D eigenvalue weighted by Gasteiger charge is -2.17. The molecular formula is C27H25N3O4. The number of nitrogens with two attached hydrogens (primary N) is 2. The van der Waals surface area contributed by atoms with Crippen molar-refractivity contribution < 1.29 is 19.8 Å².